The highest BCUT2D eigenvalue weighted by molar-refractivity contribution is 6.32. The van der Waals surface area contributed by atoms with Crippen LogP contribution in [0.5, 0.6) is 5.75 Å². The second kappa shape index (κ2) is 5.43. The van der Waals surface area contributed by atoms with Gasteiger partial charge in [-0.15, -0.1) is 0 Å². The number of anilines is 1. The van der Waals surface area contributed by atoms with Gasteiger partial charge >= 0.3 is 0 Å². The average Bonchev–Trinajstić information content (AvgIpc) is 2.86. The van der Waals surface area contributed by atoms with Crippen LogP contribution in [0, 0.1) is 0 Å². The quantitative estimate of drug-likeness (QED) is 0.787. The van der Waals surface area contributed by atoms with Gasteiger partial charge in [0.15, 0.2) is 0 Å². The van der Waals surface area contributed by atoms with E-state index in [9.17, 15) is 4.79 Å². The number of hydrogen-bond acceptors (Lipinski definition) is 2. The number of nitrogens with zero attached hydrogens (tertiary/aromatic N) is 1. The van der Waals surface area contributed by atoms with Gasteiger partial charge < -0.3 is 9.64 Å². The largest absolute Gasteiger partial charge is 0.488 e. The molecule has 2 heterocycles. The van der Waals surface area contributed by atoms with E-state index in [1.807, 2.05) is 66.4 Å². The molecule has 3 heteroatoms. The number of amides is 1. The number of benzene rings is 2. The fourth-order valence-corrected chi connectivity index (χ4v) is 3.16. The molecule has 0 N–H and O–H groups in total. The number of rotatable bonds is 2. The van der Waals surface area contributed by atoms with E-state index in [2.05, 4.69) is 6.08 Å². The van der Waals surface area contributed by atoms with E-state index in [-0.39, 0.29) is 5.91 Å². The molecular weight excluding hydrogens is 286 g/mol. The third-order valence-corrected chi connectivity index (χ3v) is 4.26. The lowest BCUT2D eigenvalue weighted by atomic mass is 10.0. The van der Waals surface area contributed by atoms with Gasteiger partial charge in [0.2, 0.25) is 0 Å². The zero-order chi connectivity index (χ0) is 15.8. The van der Waals surface area contributed by atoms with Crippen LogP contribution in [-0.4, -0.2) is 19.1 Å². The minimum atomic E-state index is 0.0634. The third kappa shape index (κ3) is 2.25. The van der Waals surface area contributed by atoms with Gasteiger partial charge in [-0.3, -0.25) is 4.79 Å². The lowest BCUT2D eigenvalue weighted by Crippen LogP contribution is -2.25. The molecule has 23 heavy (non-hydrogen) atoms. The fourth-order valence-electron chi connectivity index (χ4n) is 3.16. The first-order valence-corrected chi connectivity index (χ1v) is 7.83. The van der Waals surface area contributed by atoms with Gasteiger partial charge in [0.25, 0.3) is 5.91 Å². The van der Waals surface area contributed by atoms with Crippen LogP contribution in [0.3, 0.4) is 0 Å². The lowest BCUT2D eigenvalue weighted by Gasteiger charge is -2.16. The average molecular weight is 303 g/mol. The lowest BCUT2D eigenvalue weighted by molar-refractivity contribution is -0.112. The van der Waals surface area contributed by atoms with Crippen molar-refractivity contribution in [1.82, 2.24) is 0 Å². The standard InChI is InChI=1S/C20H17NO2/c1-2-21-18-9-5-4-8-16(18)17(20(21)22)12-14-11-15-7-3-6-10-19(15)23-13-14/h3-12H,2,13H2,1H3/b17-12+. The molecule has 2 aromatic carbocycles. The molecule has 0 atom stereocenters. The van der Waals surface area contributed by atoms with Crippen LogP contribution in [0.4, 0.5) is 5.69 Å². The van der Waals surface area contributed by atoms with Crippen LogP contribution in [0.2, 0.25) is 0 Å². The Hall–Kier alpha value is -2.81. The van der Waals surface area contributed by atoms with Crippen molar-refractivity contribution < 1.29 is 9.53 Å². The molecule has 0 saturated heterocycles. The van der Waals surface area contributed by atoms with Crippen molar-refractivity contribution in [2.75, 3.05) is 18.1 Å². The number of carbonyl (C=O) groups excluding carboxylic acids is 1. The van der Waals surface area contributed by atoms with Crippen molar-refractivity contribution in [3.63, 3.8) is 0 Å². The third-order valence-electron chi connectivity index (χ3n) is 4.26. The second-order valence-corrected chi connectivity index (χ2v) is 5.67. The van der Waals surface area contributed by atoms with Crippen molar-refractivity contribution in [3.05, 3.63) is 71.3 Å². The highest BCUT2D eigenvalue weighted by Gasteiger charge is 2.31. The van der Waals surface area contributed by atoms with Crippen LogP contribution in [0.25, 0.3) is 11.6 Å². The van der Waals surface area contributed by atoms with E-state index >= 15 is 0 Å². The van der Waals surface area contributed by atoms with Crippen LogP contribution >= 0.6 is 0 Å². The number of para-hydroxylation sites is 2. The summed E-state index contributed by atoms with van der Waals surface area (Å²) in [5, 5.41) is 0. The molecule has 2 aromatic rings. The molecule has 0 fully saturated rings. The van der Waals surface area contributed by atoms with Gasteiger partial charge in [-0.25, -0.2) is 0 Å². The van der Waals surface area contributed by atoms with Crippen LogP contribution in [0.1, 0.15) is 18.1 Å². The number of carbonyl (C=O) groups is 1. The molecule has 0 unspecified atom stereocenters. The predicted molar refractivity (Wildman–Crippen MR) is 92.4 cm³/mol. The van der Waals surface area contributed by atoms with Crippen molar-refractivity contribution in [2.45, 2.75) is 6.92 Å². The first-order chi connectivity index (χ1) is 11.3. The van der Waals surface area contributed by atoms with Crippen molar-refractivity contribution in [3.8, 4) is 5.75 Å². The summed E-state index contributed by atoms with van der Waals surface area (Å²) in [5.41, 5.74) is 4.80. The Balaban J connectivity index is 1.78. The van der Waals surface area contributed by atoms with Gasteiger partial charge in [0.05, 0.1) is 5.69 Å². The Kier molecular flexibility index (Phi) is 3.27. The zero-order valence-corrected chi connectivity index (χ0v) is 13.0. The molecule has 0 spiro atoms. The Morgan fingerprint density at radius 3 is 2.78 bits per heavy atom. The topological polar surface area (TPSA) is 29.5 Å². The summed E-state index contributed by atoms with van der Waals surface area (Å²) >= 11 is 0. The summed E-state index contributed by atoms with van der Waals surface area (Å²) in [6.45, 7) is 3.16. The molecule has 0 bridgehead atoms. The summed E-state index contributed by atoms with van der Waals surface area (Å²) in [5.74, 6) is 0.955. The monoisotopic (exact) mass is 303 g/mol. The maximum Gasteiger partial charge on any atom is 0.258 e. The minimum absolute atomic E-state index is 0.0634. The summed E-state index contributed by atoms with van der Waals surface area (Å²) in [7, 11) is 0. The van der Waals surface area contributed by atoms with E-state index in [0.717, 1.165) is 33.7 Å². The van der Waals surface area contributed by atoms with E-state index in [1.165, 1.54) is 0 Å². The van der Waals surface area contributed by atoms with Gasteiger partial charge in [-0.2, -0.15) is 0 Å². The number of likely N-dealkylation sites (N-methyl/N-ethyl adjacent to an activating group) is 1. The molecule has 0 saturated carbocycles. The SMILES string of the molecule is CCN1C(=O)/C(=C/C2=Cc3ccccc3OC2)c2ccccc21. The molecule has 0 aliphatic carbocycles. The van der Waals surface area contributed by atoms with Crippen LogP contribution in [0.15, 0.2) is 60.2 Å². The highest BCUT2D eigenvalue weighted by atomic mass is 16.5. The summed E-state index contributed by atoms with van der Waals surface area (Å²) in [6.07, 6.45) is 4.06. The van der Waals surface area contributed by atoms with Gasteiger partial charge in [-0.05, 0) is 36.8 Å². The predicted octanol–water partition coefficient (Wildman–Crippen LogP) is 3.91. The number of hydrogen-bond donors (Lipinski definition) is 0. The summed E-state index contributed by atoms with van der Waals surface area (Å²) in [4.78, 5) is 14.5. The van der Waals surface area contributed by atoms with Crippen molar-refractivity contribution >= 4 is 23.2 Å². The van der Waals surface area contributed by atoms with Gasteiger partial charge in [-0.1, -0.05) is 36.4 Å². The van der Waals surface area contributed by atoms with Gasteiger partial charge in [0, 0.05) is 23.2 Å². The van der Waals surface area contributed by atoms with E-state index < -0.39 is 0 Å². The van der Waals surface area contributed by atoms with Crippen molar-refractivity contribution in [2.24, 2.45) is 0 Å². The van der Waals surface area contributed by atoms with Crippen LogP contribution in [-0.2, 0) is 4.79 Å². The normalized spacial score (nSPS) is 17.6. The molecular formula is C20H17NO2. The van der Waals surface area contributed by atoms with Gasteiger partial charge in [0.1, 0.15) is 12.4 Å². The molecule has 2 aliphatic rings. The number of ether oxygens (including phenoxy) is 1. The Morgan fingerprint density at radius 2 is 1.91 bits per heavy atom. The maximum absolute atomic E-state index is 12.7. The van der Waals surface area contributed by atoms with E-state index in [4.69, 9.17) is 4.74 Å². The molecule has 1 amide bonds. The molecule has 0 radical (unpaired) electrons. The van der Waals surface area contributed by atoms with Crippen molar-refractivity contribution in [1.29, 1.82) is 0 Å². The molecule has 2 aliphatic heterocycles. The number of fused-ring (bicyclic) bond motifs is 2. The Bertz CT molecular complexity index is 848. The Morgan fingerprint density at radius 1 is 1.13 bits per heavy atom. The van der Waals surface area contributed by atoms with E-state index in [1.54, 1.807) is 0 Å². The Labute approximate surface area is 135 Å². The first-order valence-electron chi connectivity index (χ1n) is 7.83. The first kappa shape index (κ1) is 13.8. The fraction of sp³-hybridized carbons (Fsp3) is 0.150. The molecule has 0 aromatic heterocycles. The maximum atomic E-state index is 12.7. The molecule has 4 rings (SSSR count). The highest BCUT2D eigenvalue weighted by Crippen LogP contribution is 2.37. The summed E-state index contributed by atoms with van der Waals surface area (Å²) < 4.78 is 5.78. The van der Waals surface area contributed by atoms with E-state index in [0.29, 0.717) is 13.2 Å². The smallest absolute Gasteiger partial charge is 0.258 e. The summed E-state index contributed by atoms with van der Waals surface area (Å²) in [6, 6.07) is 15.9. The molecule has 3 nitrogen and oxygen atoms in total. The molecule has 114 valence electrons. The minimum Gasteiger partial charge on any atom is -0.488 e. The second-order valence-electron chi connectivity index (χ2n) is 5.67. The zero-order valence-electron chi connectivity index (χ0n) is 13.0. The van der Waals surface area contributed by atoms with Crippen LogP contribution < -0.4 is 9.64 Å².